The highest BCUT2D eigenvalue weighted by atomic mass is 16.4. The summed E-state index contributed by atoms with van der Waals surface area (Å²) in [5, 5.41) is 8.72. The molecule has 0 bridgehead atoms. The van der Waals surface area contributed by atoms with Crippen LogP contribution in [0.15, 0.2) is 0 Å². The fourth-order valence-corrected chi connectivity index (χ4v) is 1.65. The van der Waals surface area contributed by atoms with E-state index in [1.165, 1.54) is 0 Å². The maximum absolute atomic E-state index is 10.8. The number of nitrogens with zero attached hydrogens (tertiary/aromatic N) is 1. The van der Waals surface area contributed by atoms with Crippen molar-refractivity contribution in [2.24, 2.45) is 5.92 Å². The van der Waals surface area contributed by atoms with Crippen molar-refractivity contribution < 1.29 is 14.7 Å². The first kappa shape index (κ1) is 10.2. The second-order valence-electron chi connectivity index (χ2n) is 3.59. The maximum atomic E-state index is 10.8. The van der Waals surface area contributed by atoms with Crippen LogP contribution in [0.25, 0.3) is 0 Å². The van der Waals surface area contributed by atoms with Crippen molar-refractivity contribution in [1.29, 1.82) is 0 Å². The van der Waals surface area contributed by atoms with E-state index in [9.17, 15) is 9.59 Å². The van der Waals surface area contributed by atoms with Gasteiger partial charge < -0.3 is 5.11 Å². The molecular weight excluding hydrogens is 170 g/mol. The van der Waals surface area contributed by atoms with Crippen molar-refractivity contribution in [3.05, 3.63) is 0 Å². The van der Waals surface area contributed by atoms with E-state index in [1.54, 1.807) is 6.92 Å². The van der Waals surface area contributed by atoms with Gasteiger partial charge in [0.25, 0.3) is 0 Å². The van der Waals surface area contributed by atoms with Crippen LogP contribution in [0.4, 0.5) is 0 Å². The third-order valence-electron chi connectivity index (χ3n) is 2.38. The Morgan fingerprint density at radius 3 is 2.31 bits per heavy atom. The van der Waals surface area contributed by atoms with Gasteiger partial charge in [0.2, 0.25) is 0 Å². The molecule has 74 valence electrons. The van der Waals surface area contributed by atoms with Gasteiger partial charge in [0.1, 0.15) is 5.78 Å². The van der Waals surface area contributed by atoms with Crippen LogP contribution in [0.1, 0.15) is 19.8 Å². The molecule has 1 aliphatic rings. The van der Waals surface area contributed by atoms with E-state index in [0.717, 1.165) is 13.1 Å². The number of rotatable bonds is 3. The average molecular weight is 185 g/mol. The van der Waals surface area contributed by atoms with Gasteiger partial charge in [-0.15, -0.1) is 0 Å². The Morgan fingerprint density at radius 2 is 1.92 bits per heavy atom. The van der Waals surface area contributed by atoms with Crippen molar-refractivity contribution >= 4 is 11.8 Å². The molecule has 0 saturated carbocycles. The highest BCUT2D eigenvalue weighted by Crippen LogP contribution is 2.16. The van der Waals surface area contributed by atoms with Crippen LogP contribution in [0.2, 0.25) is 0 Å². The predicted molar refractivity (Wildman–Crippen MR) is 47.5 cm³/mol. The van der Waals surface area contributed by atoms with Crippen molar-refractivity contribution in [3.63, 3.8) is 0 Å². The zero-order chi connectivity index (χ0) is 9.84. The second kappa shape index (κ2) is 4.37. The maximum Gasteiger partial charge on any atom is 0.306 e. The highest BCUT2D eigenvalue weighted by Gasteiger charge is 2.24. The highest BCUT2D eigenvalue weighted by molar-refractivity contribution is 5.77. The molecule has 1 rings (SSSR count). The number of hydrogen-bond acceptors (Lipinski definition) is 3. The van der Waals surface area contributed by atoms with Gasteiger partial charge in [-0.2, -0.15) is 0 Å². The Kier molecular flexibility index (Phi) is 3.42. The van der Waals surface area contributed by atoms with E-state index in [-0.39, 0.29) is 11.7 Å². The number of ketones is 1. The molecule has 4 heteroatoms. The van der Waals surface area contributed by atoms with Crippen LogP contribution in [0.3, 0.4) is 0 Å². The van der Waals surface area contributed by atoms with Crippen LogP contribution >= 0.6 is 0 Å². The lowest BCUT2D eigenvalue weighted by Crippen LogP contribution is -2.38. The van der Waals surface area contributed by atoms with Crippen molar-refractivity contribution in [3.8, 4) is 0 Å². The standard InChI is InChI=1S/C9H15NO3/c1-7(11)6-10-4-2-8(3-5-10)9(12)13/h8H,2-6H2,1H3,(H,12,13). The van der Waals surface area contributed by atoms with Gasteiger partial charge in [0.05, 0.1) is 12.5 Å². The molecule has 0 atom stereocenters. The minimum atomic E-state index is -0.706. The van der Waals surface area contributed by atoms with E-state index in [1.807, 2.05) is 4.90 Å². The molecule has 0 unspecified atom stereocenters. The first-order valence-corrected chi connectivity index (χ1v) is 4.54. The summed E-state index contributed by atoms with van der Waals surface area (Å²) in [6, 6.07) is 0. The molecule has 0 aromatic rings. The lowest BCUT2D eigenvalue weighted by atomic mass is 9.97. The third-order valence-corrected chi connectivity index (χ3v) is 2.38. The van der Waals surface area contributed by atoms with Gasteiger partial charge in [-0.1, -0.05) is 0 Å². The molecule has 1 saturated heterocycles. The van der Waals surface area contributed by atoms with Crippen molar-refractivity contribution in [2.45, 2.75) is 19.8 Å². The molecule has 1 N–H and O–H groups in total. The number of carbonyl (C=O) groups is 2. The summed E-state index contributed by atoms with van der Waals surface area (Å²) in [7, 11) is 0. The number of piperidine rings is 1. The number of Topliss-reactive ketones (excluding diaryl/α,β-unsaturated/α-hetero) is 1. The third kappa shape index (κ3) is 3.14. The number of carbonyl (C=O) groups excluding carboxylic acids is 1. The molecule has 1 fully saturated rings. The molecule has 0 radical (unpaired) electrons. The molecule has 0 amide bonds. The monoisotopic (exact) mass is 185 g/mol. The Morgan fingerprint density at radius 1 is 1.38 bits per heavy atom. The van der Waals surface area contributed by atoms with Crippen LogP contribution in [0.5, 0.6) is 0 Å². The first-order valence-electron chi connectivity index (χ1n) is 4.54. The fraction of sp³-hybridized carbons (Fsp3) is 0.778. The van der Waals surface area contributed by atoms with E-state index >= 15 is 0 Å². The zero-order valence-corrected chi connectivity index (χ0v) is 7.82. The van der Waals surface area contributed by atoms with Crippen molar-refractivity contribution in [2.75, 3.05) is 19.6 Å². The number of aliphatic carboxylic acids is 1. The van der Waals surface area contributed by atoms with E-state index < -0.39 is 5.97 Å². The lowest BCUT2D eigenvalue weighted by Gasteiger charge is -2.28. The van der Waals surface area contributed by atoms with Crippen LogP contribution in [-0.4, -0.2) is 41.4 Å². The zero-order valence-electron chi connectivity index (χ0n) is 7.82. The summed E-state index contributed by atoms with van der Waals surface area (Å²) < 4.78 is 0. The van der Waals surface area contributed by atoms with Crippen LogP contribution in [0, 0.1) is 5.92 Å². The van der Waals surface area contributed by atoms with Gasteiger partial charge in [0, 0.05) is 0 Å². The number of likely N-dealkylation sites (tertiary alicyclic amines) is 1. The number of hydrogen-bond donors (Lipinski definition) is 1. The van der Waals surface area contributed by atoms with Gasteiger partial charge in [0.15, 0.2) is 0 Å². The minimum Gasteiger partial charge on any atom is -0.481 e. The van der Waals surface area contributed by atoms with Gasteiger partial charge >= 0.3 is 5.97 Å². The SMILES string of the molecule is CC(=O)CN1CCC(C(=O)O)CC1. The second-order valence-corrected chi connectivity index (χ2v) is 3.59. The summed E-state index contributed by atoms with van der Waals surface area (Å²) in [5.41, 5.74) is 0. The van der Waals surface area contributed by atoms with E-state index in [2.05, 4.69) is 0 Å². The molecule has 0 aromatic heterocycles. The van der Waals surface area contributed by atoms with E-state index in [4.69, 9.17) is 5.11 Å². The van der Waals surface area contributed by atoms with Crippen LogP contribution in [-0.2, 0) is 9.59 Å². The van der Waals surface area contributed by atoms with Gasteiger partial charge in [-0.3, -0.25) is 14.5 Å². The minimum absolute atomic E-state index is 0.147. The molecule has 0 aliphatic carbocycles. The van der Waals surface area contributed by atoms with Gasteiger partial charge in [-0.25, -0.2) is 0 Å². The topological polar surface area (TPSA) is 57.6 Å². The summed E-state index contributed by atoms with van der Waals surface area (Å²) in [4.78, 5) is 23.4. The Hall–Kier alpha value is -0.900. The summed E-state index contributed by atoms with van der Waals surface area (Å²) >= 11 is 0. The quantitative estimate of drug-likeness (QED) is 0.690. The summed E-state index contributed by atoms with van der Waals surface area (Å²) in [6.07, 6.45) is 1.34. The van der Waals surface area contributed by atoms with Crippen LogP contribution < -0.4 is 0 Å². The fourth-order valence-electron chi connectivity index (χ4n) is 1.65. The molecule has 0 aromatic carbocycles. The predicted octanol–water partition coefficient (Wildman–Crippen LogP) is 0.372. The largest absolute Gasteiger partial charge is 0.481 e. The average Bonchev–Trinajstić information content (AvgIpc) is 2.04. The smallest absolute Gasteiger partial charge is 0.306 e. The van der Waals surface area contributed by atoms with E-state index in [0.29, 0.717) is 19.4 Å². The van der Waals surface area contributed by atoms with Crippen molar-refractivity contribution in [1.82, 2.24) is 4.90 Å². The number of carboxylic acid groups (broad SMARTS) is 1. The lowest BCUT2D eigenvalue weighted by molar-refractivity contribution is -0.143. The molecular formula is C9H15NO3. The Bertz CT molecular complexity index is 207. The normalized spacial score (nSPS) is 20.1. The first-order chi connectivity index (χ1) is 6.09. The molecule has 1 heterocycles. The summed E-state index contributed by atoms with van der Waals surface area (Å²) in [6.45, 7) is 3.49. The Labute approximate surface area is 77.5 Å². The molecule has 0 spiro atoms. The Balaban J connectivity index is 2.30. The van der Waals surface area contributed by atoms with Gasteiger partial charge in [-0.05, 0) is 32.9 Å². The molecule has 1 aliphatic heterocycles. The number of carboxylic acids is 1. The summed E-state index contributed by atoms with van der Waals surface area (Å²) in [5.74, 6) is -0.764. The molecule has 13 heavy (non-hydrogen) atoms. The molecule has 4 nitrogen and oxygen atoms in total.